The lowest BCUT2D eigenvalue weighted by Crippen LogP contribution is -2.41. The summed E-state index contributed by atoms with van der Waals surface area (Å²) < 4.78 is 12.1. The average Bonchev–Trinajstić information content (AvgIpc) is 2.78. The highest BCUT2D eigenvalue weighted by molar-refractivity contribution is 6.62. The summed E-state index contributed by atoms with van der Waals surface area (Å²) in [5.41, 5.74) is 2.87. The maximum atomic E-state index is 6.07. The summed E-state index contributed by atoms with van der Waals surface area (Å²) in [4.78, 5) is 3.28. The van der Waals surface area contributed by atoms with Crippen molar-refractivity contribution in [3.8, 4) is 0 Å². The van der Waals surface area contributed by atoms with Crippen LogP contribution in [0.2, 0.25) is 0 Å². The van der Waals surface area contributed by atoms with Gasteiger partial charge in [0.15, 0.2) is 0 Å². The molecule has 100 valence electrons. The third kappa shape index (κ3) is 1.90. The minimum absolute atomic E-state index is 0.293. The molecule has 0 aliphatic carbocycles. The van der Waals surface area contributed by atoms with Gasteiger partial charge in [0, 0.05) is 17.1 Å². The first kappa shape index (κ1) is 12.8. The van der Waals surface area contributed by atoms with E-state index in [1.54, 1.807) is 0 Å². The smallest absolute Gasteiger partial charge is 0.399 e. The van der Waals surface area contributed by atoms with Crippen molar-refractivity contribution in [1.29, 1.82) is 0 Å². The summed E-state index contributed by atoms with van der Waals surface area (Å²) in [7, 11) is -0.294. The van der Waals surface area contributed by atoms with Crippen LogP contribution in [0.5, 0.6) is 0 Å². The number of hydrogen-bond acceptors (Lipinski definition) is 2. The van der Waals surface area contributed by atoms with E-state index in [0.717, 1.165) is 11.0 Å². The Morgan fingerprint density at radius 1 is 1.05 bits per heavy atom. The molecule has 0 spiro atoms. The van der Waals surface area contributed by atoms with Crippen LogP contribution in [0.4, 0.5) is 0 Å². The Morgan fingerprint density at radius 2 is 1.68 bits per heavy atom. The molecular weight excluding hydrogens is 237 g/mol. The van der Waals surface area contributed by atoms with Gasteiger partial charge in [-0.05, 0) is 51.7 Å². The highest BCUT2D eigenvalue weighted by atomic mass is 16.7. The Kier molecular flexibility index (Phi) is 2.60. The molecule has 0 unspecified atom stereocenters. The van der Waals surface area contributed by atoms with E-state index >= 15 is 0 Å². The zero-order valence-electron chi connectivity index (χ0n) is 12.2. The molecule has 0 bridgehead atoms. The first-order valence-electron chi connectivity index (χ1n) is 6.73. The van der Waals surface area contributed by atoms with Crippen molar-refractivity contribution in [2.45, 2.75) is 45.8 Å². The van der Waals surface area contributed by atoms with Gasteiger partial charge in [0.05, 0.1) is 11.2 Å². The highest BCUT2D eigenvalue weighted by Crippen LogP contribution is 2.36. The highest BCUT2D eigenvalue weighted by Gasteiger charge is 2.51. The quantitative estimate of drug-likeness (QED) is 0.797. The molecule has 19 heavy (non-hydrogen) atoms. The number of rotatable bonds is 1. The second-order valence-corrected chi connectivity index (χ2v) is 6.36. The Balaban J connectivity index is 1.98. The van der Waals surface area contributed by atoms with Crippen LogP contribution in [0.3, 0.4) is 0 Å². The number of fused-ring (bicyclic) bond motifs is 1. The first-order valence-corrected chi connectivity index (χ1v) is 6.73. The number of nitrogens with one attached hydrogen (secondary N) is 1. The monoisotopic (exact) mass is 257 g/mol. The molecule has 4 heteroatoms. The lowest BCUT2D eigenvalue weighted by atomic mass is 9.79. The molecule has 0 amide bonds. The zero-order valence-corrected chi connectivity index (χ0v) is 12.2. The van der Waals surface area contributed by atoms with Crippen molar-refractivity contribution in [3.05, 3.63) is 30.0 Å². The van der Waals surface area contributed by atoms with Crippen LogP contribution in [0.25, 0.3) is 10.9 Å². The van der Waals surface area contributed by atoms with Gasteiger partial charge in [0.1, 0.15) is 0 Å². The molecule has 1 aromatic heterocycles. The number of benzene rings is 1. The van der Waals surface area contributed by atoms with Gasteiger partial charge in [0.25, 0.3) is 0 Å². The Morgan fingerprint density at radius 3 is 2.32 bits per heavy atom. The molecule has 1 aliphatic heterocycles. The summed E-state index contributed by atoms with van der Waals surface area (Å²) in [6.45, 7) is 10.4. The van der Waals surface area contributed by atoms with Crippen molar-refractivity contribution >= 4 is 23.5 Å². The number of hydrogen-bond donors (Lipinski definition) is 1. The molecule has 1 fully saturated rings. The van der Waals surface area contributed by atoms with Crippen LogP contribution < -0.4 is 5.46 Å². The summed E-state index contributed by atoms with van der Waals surface area (Å²) in [6.07, 6.45) is 2.03. The molecule has 3 nitrogen and oxygen atoms in total. The molecule has 1 aliphatic rings. The molecule has 1 N–H and O–H groups in total. The van der Waals surface area contributed by atoms with Crippen LogP contribution in [0.1, 0.15) is 33.3 Å². The van der Waals surface area contributed by atoms with Crippen LogP contribution in [0.15, 0.2) is 24.4 Å². The lowest BCUT2D eigenvalue weighted by Gasteiger charge is -2.32. The third-order valence-corrected chi connectivity index (χ3v) is 4.44. The number of H-pyrrole nitrogens is 1. The van der Waals surface area contributed by atoms with Crippen LogP contribution in [0, 0.1) is 6.92 Å². The fourth-order valence-electron chi connectivity index (χ4n) is 2.41. The van der Waals surface area contributed by atoms with E-state index in [0.29, 0.717) is 0 Å². The second kappa shape index (κ2) is 3.87. The maximum absolute atomic E-state index is 6.07. The van der Waals surface area contributed by atoms with E-state index in [2.05, 4.69) is 57.8 Å². The molecule has 1 saturated heterocycles. The van der Waals surface area contributed by atoms with E-state index in [1.165, 1.54) is 10.9 Å². The summed E-state index contributed by atoms with van der Waals surface area (Å²) in [6, 6.07) is 6.33. The molecule has 2 heterocycles. The van der Waals surface area contributed by atoms with E-state index < -0.39 is 0 Å². The minimum Gasteiger partial charge on any atom is -0.399 e. The number of aromatic amines is 1. The fraction of sp³-hybridized carbons (Fsp3) is 0.467. The average molecular weight is 257 g/mol. The van der Waals surface area contributed by atoms with Crippen molar-refractivity contribution in [1.82, 2.24) is 4.98 Å². The van der Waals surface area contributed by atoms with Gasteiger partial charge >= 0.3 is 7.12 Å². The van der Waals surface area contributed by atoms with Gasteiger partial charge in [0.2, 0.25) is 0 Å². The second-order valence-electron chi connectivity index (χ2n) is 6.36. The van der Waals surface area contributed by atoms with Gasteiger partial charge in [-0.2, -0.15) is 0 Å². The predicted octanol–water partition coefficient (Wildman–Crippen LogP) is 2.78. The molecule has 0 atom stereocenters. The molecule has 0 saturated carbocycles. The van der Waals surface area contributed by atoms with Crippen molar-refractivity contribution in [3.63, 3.8) is 0 Å². The first-order chi connectivity index (χ1) is 8.80. The van der Waals surface area contributed by atoms with Gasteiger partial charge < -0.3 is 14.3 Å². The van der Waals surface area contributed by atoms with Crippen molar-refractivity contribution in [2.24, 2.45) is 0 Å². The minimum atomic E-state index is -0.294. The van der Waals surface area contributed by atoms with E-state index in [9.17, 15) is 0 Å². The van der Waals surface area contributed by atoms with Crippen molar-refractivity contribution < 1.29 is 9.31 Å². The van der Waals surface area contributed by atoms with Crippen LogP contribution >= 0.6 is 0 Å². The van der Waals surface area contributed by atoms with E-state index in [-0.39, 0.29) is 18.3 Å². The fourth-order valence-corrected chi connectivity index (χ4v) is 2.41. The zero-order chi connectivity index (χ0) is 13.8. The summed E-state index contributed by atoms with van der Waals surface area (Å²) >= 11 is 0. The Labute approximate surface area is 114 Å². The van der Waals surface area contributed by atoms with Crippen LogP contribution in [-0.4, -0.2) is 23.3 Å². The van der Waals surface area contributed by atoms with Gasteiger partial charge in [-0.3, -0.25) is 0 Å². The van der Waals surface area contributed by atoms with E-state index in [1.807, 2.05) is 6.20 Å². The molecule has 2 aromatic rings. The van der Waals surface area contributed by atoms with Crippen molar-refractivity contribution in [2.75, 3.05) is 0 Å². The standard InChI is InChI=1S/C15H20BNO2/c1-10-9-17-13-8-11(6-7-12(10)13)16-18-14(2,3)15(4,5)19-16/h6-9,17H,1-5H3. The third-order valence-electron chi connectivity index (χ3n) is 4.44. The van der Waals surface area contributed by atoms with E-state index in [4.69, 9.17) is 9.31 Å². The molecule has 0 radical (unpaired) electrons. The topological polar surface area (TPSA) is 34.2 Å². The van der Waals surface area contributed by atoms with Gasteiger partial charge in [-0.25, -0.2) is 0 Å². The number of aryl methyl sites for hydroxylation is 1. The largest absolute Gasteiger partial charge is 0.494 e. The van der Waals surface area contributed by atoms with Gasteiger partial charge in [-0.15, -0.1) is 0 Å². The summed E-state index contributed by atoms with van der Waals surface area (Å²) in [5.74, 6) is 0. The van der Waals surface area contributed by atoms with Gasteiger partial charge in [-0.1, -0.05) is 12.1 Å². The molecule has 1 aromatic carbocycles. The SMILES string of the molecule is Cc1c[nH]c2cc(B3OC(C)(C)C(C)(C)O3)ccc12. The number of aromatic nitrogens is 1. The normalized spacial score (nSPS) is 21.2. The molecular formula is C15H20BNO2. The summed E-state index contributed by atoms with van der Waals surface area (Å²) in [5, 5.41) is 1.25. The maximum Gasteiger partial charge on any atom is 0.494 e. The predicted molar refractivity (Wildman–Crippen MR) is 78.8 cm³/mol. The Bertz CT molecular complexity index is 614. The Hall–Kier alpha value is -1.26. The molecule has 3 rings (SSSR count). The van der Waals surface area contributed by atoms with Crippen LogP contribution in [-0.2, 0) is 9.31 Å². The lowest BCUT2D eigenvalue weighted by molar-refractivity contribution is 0.00578.